The standard InChI is InChI=1S/C23H44N4O8S/c1-27(2,20-22(29)30)9-19-36-18-5-7-21(6-3-4-10-28)23(31)35-17-16-34-15-14-33-13-12-32-11-8-25-26-24/h21,28H,3-20H2,1-2H3. The maximum atomic E-state index is 12.5. The number of aliphatic hydroxyl groups excluding tert-OH is 1. The number of carbonyl (C=O) groups is 2. The topological polar surface area (TPSA) is 163 Å². The number of esters is 1. The Morgan fingerprint density at radius 3 is 2.19 bits per heavy atom. The van der Waals surface area contributed by atoms with Crippen LogP contribution in [0.15, 0.2) is 5.11 Å². The van der Waals surface area contributed by atoms with Crippen LogP contribution in [0.5, 0.6) is 0 Å². The summed E-state index contributed by atoms with van der Waals surface area (Å²) in [4.78, 5) is 25.9. The Bertz CT molecular complexity index is 621. The minimum absolute atomic E-state index is 0.00765. The van der Waals surface area contributed by atoms with Gasteiger partial charge in [-0.3, -0.25) is 4.79 Å². The number of aliphatic hydroxyl groups is 1. The lowest BCUT2D eigenvalue weighted by atomic mass is 9.97. The zero-order chi connectivity index (χ0) is 26.9. The van der Waals surface area contributed by atoms with E-state index in [1.807, 2.05) is 14.1 Å². The first kappa shape index (κ1) is 34.4. The van der Waals surface area contributed by atoms with Gasteiger partial charge in [-0.2, -0.15) is 11.8 Å². The van der Waals surface area contributed by atoms with Gasteiger partial charge in [-0.25, -0.2) is 0 Å². The van der Waals surface area contributed by atoms with E-state index in [0.29, 0.717) is 63.3 Å². The third-order valence-electron chi connectivity index (χ3n) is 5.15. The van der Waals surface area contributed by atoms with Gasteiger partial charge in [0.05, 0.1) is 72.2 Å². The van der Waals surface area contributed by atoms with Crippen LogP contribution in [0.3, 0.4) is 0 Å². The second-order valence-electron chi connectivity index (χ2n) is 8.82. The Hall–Kier alpha value is -1.60. The minimum atomic E-state index is -1.05. The lowest BCUT2D eigenvalue weighted by Crippen LogP contribution is -2.49. The number of quaternary nitrogens is 1. The van der Waals surface area contributed by atoms with Gasteiger partial charge in [0.15, 0.2) is 0 Å². The number of ether oxygens (including phenoxy) is 4. The van der Waals surface area contributed by atoms with E-state index in [1.165, 1.54) is 0 Å². The second kappa shape index (κ2) is 23.8. The van der Waals surface area contributed by atoms with Gasteiger partial charge in [-0.1, -0.05) is 11.5 Å². The summed E-state index contributed by atoms with van der Waals surface area (Å²) in [7, 11) is 3.74. The van der Waals surface area contributed by atoms with Gasteiger partial charge < -0.3 is 38.4 Å². The van der Waals surface area contributed by atoms with Gasteiger partial charge in [0, 0.05) is 23.8 Å². The van der Waals surface area contributed by atoms with E-state index < -0.39 is 5.97 Å². The summed E-state index contributed by atoms with van der Waals surface area (Å²) in [6.45, 7) is 3.57. The molecule has 13 heteroatoms. The lowest BCUT2D eigenvalue weighted by Gasteiger charge is -2.29. The molecule has 0 radical (unpaired) electrons. The molecule has 0 aliphatic rings. The van der Waals surface area contributed by atoms with Gasteiger partial charge in [0.1, 0.15) is 13.2 Å². The molecular weight excluding hydrogens is 492 g/mol. The highest BCUT2D eigenvalue weighted by molar-refractivity contribution is 7.99. The average molecular weight is 537 g/mol. The number of likely N-dealkylation sites (N-methyl/N-ethyl adjacent to an activating group) is 1. The number of hydrogen-bond acceptors (Lipinski definition) is 10. The van der Waals surface area contributed by atoms with Crippen LogP contribution in [-0.4, -0.2) is 120 Å². The maximum Gasteiger partial charge on any atom is 0.309 e. The number of thioether (sulfide) groups is 1. The van der Waals surface area contributed by atoms with Gasteiger partial charge in [-0.15, -0.1) is 0 Å². The molecule has 0 spiro atoms. The van der Waals surface area contributed by atoms with Crippen LogP contribution in [-0.2, 0) is 28.5 Å². The van der Waals surface area contributed by atoms with Crippen molar-refractivity contribution in [3.8, 4) is 0 Å². The van der Waals surface area contributed by atoms with Crippen molar-refractivity contribution in [1.82, 2.24) is 0 Å². The molecule has 12 nitrogen and oxygen atoms in total. The van der Waals surface area contributed by atoms with Crippen molar-refractivity contribution in [1.29, 1.82) is 0 Å². The highest BCUT2D eigenvalue weighted by Gasteiger charge is 2.20. The SMILES string of the molecule is C[N+](C)(CCSCCCC(CCCCO)C(=O)OCCOCCOCCOCCN=[N+]=[N-])CC(=O)[O-]. The van der Waals surface area contributed by atoms with E-state index in [9.17, 15) is 14.7 Å². The largest absolute Gasteiger partial charge is 0.544 e. The van der Waals surface area contributed by atoms with Crippen LogP contribution in [0.25, 0.3) is 10.4 Å². The molecule has 1 atom stereocenters. The molecule has 0 heterocycles. The Labute approximate surface area is 218 Å². The number of unbranched alkanes of at least 4 members (excludes halogenated alkanes) is 1. The summed E-state index contributed by atoms with van der Waals surface area (Å²) in [6, 6.07) is 0. The third kappa shape index (κ3) is 22.8. The monoisotopic (exact) mass is 536 g/mol. The van der Waals surface area contributed by atoms with E-state index in [2.05, 4.69) is 10.0 Å². The van der Waals surface area contributed by atoms with Crippen molar-refractivity contribution in [3.63, 3.8) is 0 Å². The molecule has 0 saturated carbocycles. The summed E-state index contributed by atoms with van der Waals surface area (Å²) < 4.78 is 21.8. The smallest absolute Gasteiger partial charge is 0.309 e. The van der Waals surface area contributed by atoms with Crippen LogP contribution in [0.1, 0.15) is 32.1 Å². The number of azide groups is 1. The zero-order valence-electron chi connectivity index (χ0n) is 21.8. The number of carboxylic acids is 1. The highest BCUT2D eigenvalue weighted by atomic mass is 32.2. The molecule has 0 bridgehead atoms. The van der Waals surface area contributed by atoms with Crippen molar-refractivity contribution in [2.24, 2.45) is 11.0 Å². The lowest BCUT2D eigenvalue weighted by molar-refractivity contribution is -0.882. The number of carboxylic acid groups (broad SMARTS) is 1. The molecule has 210 valence electrons. The van der Waals surface area contributed by atoms with E-state index in [1.54, 1.807) is 11.8 Å². The van der Waals surface area contributed by atoms with E-state index in [-0.39, 0.29) is 38.3 Å². The molecule has 0 aromatic carbocycles. The van der Waals surface area contributed by atoms with Crippen molar-refractivity contribution in [2.75, 3.05) is 98.1 Å². The van der Waals surface area contributed by atoms with Gasteiger partial charge in [-0.05, 0) is 37.0 Å². The molecule has 0 aliphatic carbocycles. The Balaban J connectivity index is 3.94. The summed E-state index contributed by atoms with van der Waals surface area (Å²) in [5, 5.41) is 23.2. The Morgan fingerprint density at radius 2 is 1.58 bits per heavy atom. The number of nitrogens with zero attached hydrogens (tertiary/aromatic N) is 4. The van der Waals surface area contributed by atoms with Crippen LogP contribution >= 0.6 is 11.8 Å². The van der Waals surface area contributed by atoms with Crippen molar-refractivity contribution < 1.29 is 43.2 Å². The summed E-state index contributed by atoms with van der Waals surface area (Å²) in [5.74, 6) is 0.240. The Morgan fingerprint density at radius 1 is 0.972 bits per heavy atom. The minimum Gasteiger partial charge on any atom is -0.544 e. The van der Waals surface area contributed by atoms with Gasteiger partial charge in [0.25, 0.3) is 0 Å². The average Bonchev–Trinajstić information content (AvgIpc) is 2.82. The number of hydrogen-bond donors (Lipinski definition) is 1. The van der Waals surface area contributed by atoms with Crippen molar-refractivity contribution in [3.05, 3.63) is 10.4 Å². The van der Waals surface area contributed by atoms with Crippen LogP contribution < -0.4 is 5.11 Å². The molecule has 0 aliphatic heterocycles. The van der Waals surface area contributed by atoms with E-state index in [0.717, 1.165) is 30.9 Å². The first-order valence-corrected chi connectivity index (χ1v) is 13.6. The molecule has 0 aromatic rings. The van der Waals surface area contributed by atoms with Crippen LogP contribution in [0.2, 0.25) is 0 Å². The van der Waals surface area contributed by atoms with Crippen molar-refractivity contribution >= 4 is 23.7 Å². The molecular formula is C23H44N4O8S. The van der Waals surface area contributed by atoms with Crippen LogP contribution in [0.4, 0.5) is 0 Å². The fourth-order valence-electron chi connectivity index (χ4n) is 3.17. The summed E-state index contributed by atoms with van der Waals surface area (Å²) in [6.07, 6.45) is 3.68. The second-order valence-corrected chi connectivity index (χ2v) is 10.0. The third-order valence-corrected chi connectivity index (χ3v) is 6.20. The van der Waals surface area contributed by atoms with Crippen molar-refractivity contribution in [2.45, 2.75) is 32.1 Å². The van der Waals surface area contributed by atoms with Gasteiger partial charge >= 0.3 is 5.97 Å². The first-order chi connectivity index (χ1) is 17.3. The Kier molecular flexibility index (Phi) is 22.7. The molecule has 1 N–H and O–H groups in total. The fourth-order valence-corrected chi connectivity index (χ4v) is 4.37. The highest BCUT2D eigenvalue weighted by Crippen LogP contribution is 2.19. The molecule has 0 amide bonds. The first-order valence-electron chi connectivity index (χ1n) is 12.4. The molecule has 0 saturated heterocycles. The molecule has 0 rings (SSSR count). The molecule has 36 heavy (non-hydrogen) atoms. The molecule has 1 unspecified atom stereocenters. The number of aliphatic carboxylic acids is 1. The van der Waals surface area contributed by atoms with Crippen LogP contribution in [0, 0.1) is 5.92 Å². The molecule has 0 fully saturated rings. The van der Waals surface area contributed by atoms with E-state index >= 15 is 0 Å². The van der Waals surface area contributed by atoms with Gasteiger partial charge in [0.2, 0.25) is 0 Å². The normalized spacial score (nSPS) is 12.2. The summed E-state index contributed by atoms with van der Waals surface area (Å²) in [5.41, 5.74) is 8.14. The zero-order valence-corrected chi connectivity index (χ0v) is 22.6. The fraction of sp³-hybridized carbons (Fsp3) is 0.913. The number of rotatable bonds is 26. The maximum absolute atomic E-state index is 12.5. The van der Waals surface area contributed by atoms with E-state index in [4.69, 9.17) is 29.6 Å². The summed E-state index contributed by atoms with van der Waals surface area (Å²) >= 11 is 1.75. The quantitative estimate of drug-likeness (QED) is 0.0424. The predicted molar refractivity (Wildman–Crippen MR) is 135 cm³/mol. The predicted octanol–water partition coefficient (Wildman–Crippen LogP) is 1.01. The number of carbonyl (C=O) groups excluding carboxylic acids is 2. The molecule has 0 aromatic heterocycles.